The molecule has 0 heterocycles. The molecule has 22 heteroatoms. The Bertz CT molecular complexity index is 1040. The first-order valence-corrected chi connectivity index (χ1v) is 13.7. The molecule has 0 aromatic carbocycles. The van der Waals surface area contributed by atoms with Gasteiger partial charge < -0.3 is 13.7 Å². The first-order chi connectivity index (χ1) is 16.6. The van der Waals surface area contributed by atoms with Gasteiger partial charge in [-0.2, -0.15) is 39.5 Å². The first-order valence-electron chi connectivity index (χ1n) is 9.45. The van der Waals surface area contributed by atoms with Gasteiger partial charge in [0.25, 0.3) is 0 Å². The van der Waals surface area contributed by atoms with Crippen LogP contribution >= 0.6 is 0 Å². The van der Waals surface area contributed by atoms with Crippen LogP contribution in [0.3, 0.4) is 0 Å². The summed E-state index contributed by atoms with van der Waals surface area (Å²) in [4.78, 5) is 0. The molecular weight excluding hydrogens is 718 g/mol. The molecule has 0 unspecified atom stereocenters. The van der Waals surface area contributed by atoms with Gasteiger partial charge in [0.05, 0.1) is 0 Å². The minimum Gasteiger partial charge on any atom is -0.741 e. The van der Waals surface area contributed by atoms with E-state index in [1.54, 1.807) is 0 Å². The normalized spacial score (nSPS) is 24.2. The average Bonchev–Trinajstić information content (AvgIpc) is 3.48. The van der Waals surface area contributed by atoms with E-state index >= 15 is 0 Å². The number of hydrogen-bond donors (Lipinski definition) is 0. The number of rotatable bonds is 0. The van der Waals surface area contributed by atoms with Crippen molar-refractivity contribution >= 4 is 30.4 Å². The van der Waals surface area contributed by atoms with Crippen molar-refractivity contribution in [3.05, 3.63) is 48.6 Å². The fraction of sp³-hybridized carbons (Fsp3) is 0.529. The molecule has 0 fully saturated rings. The molecule has 4 bridgehead atoms. The van der Waals surface area contributed by atoms with Gasteiger partial charge in [-0.1, -0.05) is 48.6 Å². The van der Waals surface area contributed by atoms with Crippen molar-refractivity contribution in [2.45, 2.75) is 29.4 Å². The third-order valence-corrected chi connectivity index (χ3v) is 6.06. The van der Waals surface area contributed by atoms with Crippen LogP contribution < -0.4 is 0 Å². The van der Waals surface area contributed by atoms with E-state index in [-0.39, 0.29) is 19.5 Å². The van der Waals surface area contributed by atoms with Crippen LogP contribution in [0.4, 0.5) is 39.5 Å². The van der Waals surface area contributed by atoms with Crippen molar-refractivity contribution < 1.29 is 97.9 Å². The largest absolute Gasteiger partial charge is 3.00 e. The summed E-state index contributed by atoms with van der Waals surface area (Å²) in [7, 11) is -18.3. The maximum Gasteiger partial charge on any atom is 3.00 e. The zero-order valence-corrected chi connectivity index (χ0v) is 22.6. The van der Waals surface area contributed by atoms with Crippen LogP contribution in [0.5, 0.6) is 0 Å². The Labute approximate surface area is 229 Å². The molecule has 4 aliphatic rings. The molecule has 0 radical (unpaired) electrons. The third-order valence-electron chi connectivity index (χ3n) is 4.36. The van der Waals surface area contributed by atoms with Crippen LogP contribution in [0.1, 0.15) is 12.8 Å². The molecule has 4 aliphatic carbocycles. The predicted molar refractivity (Wildman–Crippen MR) is 107 cm³/mol. The van der Waals surface area contributed by atoms with Crippen molar-refractivity contribution in [3.63, 3.8) is 0 Å². The van der Waals surface area contributed by atoms with Crippen molar-refractivity contribution in [2.24, 2.45) is 23.7 Å². The number of hydrogen-bond acceptors (Lipinski definition) is 9. The van der Waals surface area contributed by atoms with Gasteiger partial charge in [0.2, 0.25) is 0 Å². The standard InChI is InChI=1S/2C7H8.3CHF3O3S.Rh/c2*1-2-7-4-3-6(1)5-7;3*2-1(3,4)8(5,6)7;/h2*1-4,6-7H,5H2;3*(H,5,6,7);/q;;;;;+3/p-3. The minimum atomic E-state index is -6.09. The molecule has 0 amide bonds. The summed E-state index contributed by atoms with van der Waals surface area (Å²) in [5.74, 6) is 3.24. The van der Waals surface area contributed by atoms with Crippen LogP contribution in [-0.2, 0) is 49.8 Å². The van der Waals surface area contributed by atoms with E-state index in [0.717, 1.165) is 23.7 Å². The van der Waals surface area contributed by atoms with E-state index in [2.05, 4.69) is 48.6 Å². The Morgan fingerprint density at radius 3 is 0.564 bits per heavy atom. The molecule has 0 aliphatic heterocycles. The van der Waals surface area contributed by atoms with Crippen LogP contribution in [0.25, 0.3) is 0 Å². The molecule has 0 N–H and O–H groups in total. The van der Waals surface area contributed by atoms with Gasteiger partial charge in [-0.25, -0.2) is 25.3 Å². The maximum atomic E-state index is 10.7. The summed E-state index contributed by atoms with van der Waals surface area (Å²) in [6, 6.07) is 0. The summed E-state index contributed by atoms with van der Waals surface area (Å²) in [5, 5.41) is 0. The smallest absolute Gasteiger partial charge is 0.741 e. The number of halogens is 9. The Kier molecular flexibility index (Phi) is 14.8. The van der Waals surface area contributed by atoms with E-state index < -0.39 is 46.9 Å². The van der Waals surface area contributed by atoms with Gasteiger partial charge in [0.1, 0.15) is 0 Å². The van der Waals surface area contributed by atoms with Crippen molar-refractivity contribution in [1.82, 2.24) is 0 Å². The molecule has 0 spiro atoms. The van der Waals surface area contributed by atoms with E-state index in [4.69, 9.17) is 38.9 Å². The molecule has 0 aromatic heterocycles. The second kappa shape index (κ2) is 14.5. The molecule has 0 atom stereocenters. The molecule has 9 nitrogen and oxygen atoms in total. The zero-order valence-electron chi connectivity index (χ0n) is 18.5. The quantitative estimate of drug-likeness (QED) is 0.119. The monoisotopic (exact) mass is 734 g/mol. The summed E-state index contributed by atoms with van der Waals surface area (Å²) in [6.07, 6.45) is 21.1. The molecule has 0 aromatic rings. The second-order valence-electron chi connectivity index (χ2n) is 7.37. The number of fused-ring (bicyclic) bond motifs is 4. The van der Waals surface area contributed by atoms with Crippen molar-refractivity contribution in [2.75, 3.05) is 0 Å². The fourth-order valence-electron chi connectivity index (χ4n) is 2.66. The average molecular weight is 734 g/mol. The Balaban J connectivity index is 0. The molecule has 4 rings (SSSR count). The molecule has 39 heavy (non-hydrogen) atoms. The number of allylic oxidation sites excluding steroid dienone is 8. The van der Waals surface area contributed by atoms with Crippen molar-refractivity contribution in [3.8, 4) is 0 Å². The SMILES string of the molecule is C1=CC2C=CC1C2.C1=CC2C=CC1C2.O=S(=O)([O-])C(F)(F)F.O=S(=O)([O-])C(F)(F)F.O=S(=O)([O-])C(F)(F)F.[Rh+3]. The molecule has 0 saturated heterocycles. The van der Waals surface area contributed by atoms with Crippen LogP contribution in [0.2, 0.25) is 0 Å². The molecular formula is C17H16F9O9RhS3. The maximum absolute atomic E-state index is 10.7. The van der Waals surface area contributed by atoms with Crippen LogP contribution in [0.15, 0.2) is 48.6 Å². The van der Waals surface area contributed by atoms with Crippen molar-refractivity contribution in [1.29, 1.82) is 0 Å². The minimum absolute atomic E-state index is 0. The van der Waals surface area contributed by atoms with Gasteiger partial charge >= 0.3 is 36.0 Å². The summed E-state index contributed by atoms with van der Waals surface area (Å²) in [6.45, 7) is 0. The first kappa shape index (κ1) is 39.8. The van der Waals surface area contributed by atoms with Gasteiger partial charge in [-0.05, 0) is 36.5 Å². The van der Waals surface area contributed by atoms with Crippen LogP contribution in [-0.4, -0.2) is 55.4 Å². The molecule has 0 saturated carbocycles. The summed E-state index contributed by atoms with van der Waals surface area (Å²) < 4.78 is 177. The number of alkyl halides is 9. The fourth-order valence-corrected chi connectivity index (χ4v) is 2.66. The molecule has 228 valence electrons. The Morgan fingerprint density at radius 1 is 0.436 bits per heavy atom. The van der Waals surface area contributed by atoms with Gasteiger partial charge in [-0.3, -0.25) is 0 Å². The Hall–Kier alpha value is -1.32. The summed E-state index contributed by atoms with van der Waals surface area (Å²) in [5.41, 5.74) is -16.9. The van der Waals surface area contributed by atoms with E-state index in [0.29, 0.717) is 0 Å². The van der Waals surface area contributed by atoms with Gasteiger partial charge in [0, 0.05) is 0 Å². The van der Waals surface area contributed by atoms with E-state index in [9.17, 15) is 39.5 Å². The topological polar surface area (TPSA) is 172 Å². The zero-order chi connectivity index (χ0) is 30.4. The van der Waals surface area contributed by atoms with Gasteiger partial charge in [-0.15, -0.1) is 0 Å². The predicted octanol–water partition coefficient (Wildman–Crippen LogP) is 3.65. The Morgan fingerprint density at radius 2 is 0.538 bits per heavy atom. The third kappa shape index (κ3) is 15.3. The van der Waals surface area contributed by atoms with E-state index in [1.807, 2.05) is 0 Å². The second-order valence-corrected chi connectivity index (χ2v) is 11.5. The van der Waals surface area contributed by atoms with Crippen LogP contribution in [0, 0.1) is 23.7 Å². The van der Waals surface area contributed by atoms with E-state index in [1.165, 1.54) is 12.8 Å². The van der Waals surface area contributed by atoms with Gasteiger partial charge in [0.15, 0.2) is 30.4 Å². The summed E-state index contributed by atoms with van der Waals surface area (Å²) >= 11 is 0.